The summed E-state index contributed by atoms with van der Waals surface area (Å²) < 4.78 is 41.7. The topological polar surface area (TPSA) is 123 Å². The number of aliphatic carboxylic acids is 1. The average Bonchev–Trinajstić information content (AvgIpc) is 3.06. The lowest BCUT2D eigenvalue weighted by atomic mass is 10.1. The highest BCUT2D eigenvalue weighted by Crippen LogP contribution is 2.35. The summed E-state index contributed by atoms with van der Waals surface area (Å²) in [7, 11) is -3.85. The van der Waals surface area contributed by atoms with Gasteiger partial charge >= 0.3 is 5.97 Å². The largest absolute Gasteiger partial charge is 0.481 e. The van der Waals surface area contributed by atoms with Crippen molar-refractivity contribution in [3.8, 4) is 22.6 Å². The zero-order valence-electron chi connectivity index (χ0n) is 14.1. The molecule has 0 amide bonds. The molecular weight excluding hydrogens is 375 g/mol. The Morgan fingerprint density at radius 3 is 2.19 bits per heavy atom. The van der Waals surface area contributed by atoms with Gasteiger partial charge in [-0.25, -0.2) is 22.9 Å². The van der Waals surface area contributed by atoms with Gasteiger partial charge in [0, 0.05) is 11.1 Å². The molecule has 0 aliphatic rings. The van der Waals surface area contributed by atoms with Crippen LogP contribution in [0.15, 0.2) is 57.8 Å². The van der Waals surface area contributed by atoms with Gasteiger partial charge in [0.05, 0.1) is 4.90 Å². The van der Waals surface area contributed by atoms with E-state index in [2.05, 4.69) is 4.98 Å². The molecule has 1 aromatic heterocycles. The summed E-state index contributed by atoms with van der Waals surface area (Å²) in [6.07, 6.45) is 0. The van der Waals surface area contributed by atoms with Crippen LogP contribution in [-0.4, -0.2) is 24.5 Å². The van der Waals surface area contributed by atoms with Crippen LogP contribution in [0.2, 0.25) is 0 Å². The first-order chi connectivity index (χ1) is 12.7. The Hall–Kier alpha value is -3.04. The van der Waals surface area contributed by atoms with Gasteiger partial charge < -0.3 is 9.52 Å². The van der Waals surface area contributed by atoms with Crippen molar-refractivity contribution in [2.75, 3.05) is 0 Å². The van der Waals surface area contributed by atoms with E-state index in [0.717, 1.165) is 0 Å². The van der Waals surface area contributed by atoms with Crippen molar-refractivity contribution in [2.24, 2.45) is 5.14 Å². The minimum absolute atomic E-state index is 0.0210. The molecule has 0 saturated carbocycles. The third-order valence-electron chi connectivity index (χ3n) is 3.95. The second-order valence-electron chi connectivity index (χ2n) is 5.87. The van der Waals surface area contributed by atoms with Gasteiger partial charge in [-0.3, -0.25) is 4.79 Å². The molecule has 2 aromatic carbocycles. The molecule has 3 rings (SSSR count). The molecule has 0 radical (unpaired) electrons. The number of nitrogens with two attached hydrogens (primary N) is 1. The lowest BCUT2D eigenvalue weighted by molar-refractivity contribution is -0.138. The number of oxazole rings is 1. The van der Waals surface area contributed by atoms with Crippen LogP contribution in [0.4, 0.5) is 4.39 Å². The summed E-state index contributed by atoms with van der Waals surface area (Å²) in [6, 6.07) is 11.0. The van der Waals surface area contributed by atoms with Gasteiger partial charge in [-0.2, -0.15) is 0 Å². The number of carbonyl (C=O) groups is 1. The highest BCUT2D eigenvalue weighted by Gasteiger charge is 2.24. The number of rotatable bonds is 5. The van der Waals surface area contributed by atoms with E-state index in [0.29, 0.717) is 16.8 Å². The first kappa shape index (κ1) is 18.7. The molecule has 1 unspecified atom stereocenters. The van der Waals surface area contributed by atoms with Crippen molar-refractivity contribution in [2.45, 2.75) is 17.7 Å². The lowest BCUT2D eigenvalue weighted by Gasteiger charge is -2.03. The fourth-order valence-electron chi connectivity index (χ4n) is 2.42. The maximum absolute atomic E-state index is 13.2. The molecule has 1 atom stereocenters. The first-order valence-electron chi connectivity index (χ1n) is 7.79. The van der Waals surface area contributed by atoms with Crippen molar-refractivity contribution in [1.29, 1.82) is 0 Å². The van der Waals surface area contributed by atoms with Gasteiger partial charge in [0.25, 0.3) is 0 Å². The molecule has 0 aliphatic carbocycles. The molecule has 0 fully saturated rings. The SMILES string of the molecule is CC(C(=O)O)c1nc(-c2ccc(S(N)(=O)=O)cc2)c(-c2ccc(F)cc2)o1. The van der Waals surface area contributed by atoms with E-state index in [1.807, 2.05) is 0 Å². The van der Waals surface area contributed by atoms with Gasteiger partial charge in [0.2, 0.25) is 15.9 Å². The van der Waals surface area contributed by atoms with E-state index in [1.165, 1.54) is 55.5 Å². The number of hydrogen-bond acceptors (Lipinski definition) is 5. The molecule has 7 nitrogen and oxygen atoms in total. The van der Waals surface area contributed by atoms with Crippen molar-refractivity contribution in [3.63, 3.8) is 0 Å². The number of sulfonamides is 1. The van der Waals surface area contributed by atoms with Crippen molar-refractivity contribution in [1.82, 2.24) is 4.98 Å². The van der Waals surface area contributed by atoms with Crippen LogP contribution >= 0.6 is 0 Å². The van der Waals surface area contributed by atoms with E-state index in [4.69, 9.17) is 9.56 Å². The molecule has 0 bridgehead atoms. The maximum Gasteiger partial charge on any atom is 0.315 e. The summed E-state index contributed by atoms with van der Waals surface area (Å²) in [5, 5.41) is 14.3. The molecule has 9 heteroatoms. The van der Waals surface area contributed by atoms with Crippen LogP contribution < -0.4 is 5.14 Å². The maximum atomic E-state index is 13.2. The highest BCUT2D eigenvalue weighted by molar-refractivity contribution is 7.89. The molecule has 0 aliphatic heterocycles. The van der Waals surface area contributed by atoms with Crippen LogP contribution in [0.1, 0.15) is 18.7 Å². The Balaban J connectivity index is 2.15. The number of carboxylic acids is 1. The van der Waals surface area contributed by atoms with Crippen LogP contribution in [0, 0.1) is 5.82 Å². The number of carboxylic acid groups (broad SMARTS) is 1. The standard InChI is InChI=1S/C18H15FN2O5S/c1-10(18(22)23)17-21-15(11-4-8-14(9-5-11)27(20,24)25)16(26-17)12-2-6-13(19)7-3-12/h2-10H,1H3,(H,22,23)(H2,20,24,25). The third-order valence-corrected chi connectivity index (χ3v) is 4.88. The minimum Gasteiger partial charge on any atom is -0.481 e. The molecule has 0 saturated heterocycles. The Kier molecular flexibility index (Phi) is 4.81. The fourth-order valence-corrected chi connectivity index (χ4v) is 2.94. The minimum atomic E-state index is -3.85. The zero-order valence-corrected chi connectivity index (χ0v) is 14.9. The number of halogens is 1. The Labute approximate surface area is 154 Å². The second-order valence-corrected chi connectivity index (χ2v) is 7.43. The van der Waals surface area contributed by atoms with Gasteiger partial charge in [-0.15, -0.1) is 0 Å². The van der Waals surface area contributed by atoms with E-state index >= 15 is 0 Å². The van der Waals surface area contributed by atoms with Gasteiger partial charge in [0.15, 0.2) is 5.76 Å². The molecule has 140 valence electrons. The summed E-state index contributed by atoms with van der Waals surface area (Å²) >= 11 is 0. The van der Waals surface area contributed by atoms with Gasteiger partial charge in [-0.1, -0.05) is 12.1 Å². The van der Waals surface area contributed by atoms with E-state index in [-0.39, 0.29) is 16.5 Å². The average molecular weight is 390 g/mol. The molecule has 3 N–H and O–H groups in total. The van der Waals surface area contributed by atoms with E-state index < -0.39 is 27.7 Å². The molecular formula is C18H15FN2O5S. The Morgan fingerprint density at radius 1 is 1.11 bits per heavy atom. The van der Waals surface area contributed by atoms with Crippen LogP contribution in [0.25, 0.3) is 22.6 Å². The quantitative estimate of drug-likeness (QED) is 0.690. The van der Waals surface area contributed by atoms with Gasteiger partial charge in [0.1, 0.15) is 17.4 Å². The molecule has 3 aromatic rings. The Bertz CT molecular complexity index is 1090. The van der Waals surface area contributed by atoms with Crippen molar-refractivity contribution < 1.29 is 27.1 Å². The number of benzene rings is 2. The summed E-state index contributed by atoms with van der Waals surface area (Å²) in [5.74, 6) is -2.31. The lowest BCUT2D eigenvalue weighted by Crippen LogP contribution is -2.11. The predicted octanol–water partition coefficient (Wildman–Crippen LogP) is 2.98. The normalized spacial score (nSPS) is 12.7. The first-order valence-corrected chi connectivity index (χ1v) is 9.34. The van der Waals surface area contributed by atoms with Crippen molar-refractivity contribution >= 4 is 16.0 Å². The number of nitrogens with zero attached hydrogens (tertiary/aromatic N) is 1. The van der Waals surface area contributed by atoms with E-state index in [1.54, 1.807) is 0 Å². The summed E-state index contributed by atoms with van der Waals surface area (Å²) in [4.78, 5) is 15.5. The second kappa shape index (κ2) is 6.93. The number of hydrogen-bond donors (Lipinski definition) is 2. The molecule has 27 heavy (non-hydrogen) atoms. The van der Waals surface area contributed by atoms with Crippen LogP contribution in [0.3, 0.4) is 0 Å². The predicted molar refractivity (Wildman–Crippen MR) is 94.8 cm³/mol. The number of aromatic nitrogens is 1. The van der Waals surface area contributed by atoms with Crippen LogP contribution in [0.5, 0.6) is 0 Å². The van der Waals surface area contributed by atoms with E-state index in [9.17, 15) is 22.7 Å². The number of primary sulfonamides is 1. The monoisotopic (exact) mass is 390 g/mol. The fraction of sp³-hybridized carbons (Fsp3) is 0.111. The Morgan fingerprint density at radius 2 is 1.67 bits per heavy atom. The molecule has 1 heterocycles. The summed E-state index contributed by atoms with van der Waals surface area (Å²) in [6.45, 7) is 1.43. The smallest absolute Gasteiger partial charge is 0.315 e. The molecule has 0 spiro atoms. The highest BCUT2D eigenvalue weighted by atomic mass is 32.2. The van der Waals surface area contributed by atoms with Crippen molar-refractivity contribution in [3.05, 3.63) is 60.2 Å². The zero-order chi connectivity index (χ0) is 19.8. The van der Waals surface area contributed by atoms with Crippen LogP contribution in [-0.2, 0) is 14.8 Å². The van der Waals surface area contributed by atoms with Gasteiger partial charge in [-0.05, 0) is 43.3 Å². The third kappa shape index (κ3) is 3.88. The summed E-state index contributed by atoms with van der Waals surface area (Å²) in [5.41, 5.74) is 1.30.